The molecule has 0 unspecified atom stereocenters. The van der Waals surface area contributed by atoms with Crippen LogP contribution in [-0.2, 0) is 4.74 Å². The molecular weight excluding hydrogens is 114 g/mol. The van der Waals surface area contributed by atoms with E-state index in [9.17, 15) is 0 Å². The van der Waals surface area contributed by atoms with Crippen LogP contribution in [0, 0.1) is 0 Å². The molecule has 0 amide bonds. The van der Waals surface area contributed by atoms with Crippen molar-refractivity contribution in [3.63, 3.8) is 0 Å². The Morgan fingerprint density at radius 1 is 1.71 bits per heavy atom. The van der Waals surface area contributed by atoms with E-state index in [1.165, 1.54) is 6.26 Å². The first-order valence-electron chi connectivity index (χ1n) is 1.70. The van der Waals surface area contributed by atoms with Gasteiger partial charge in [-0.2, -0.15) is 0 Å². The first-order valence-corrected chi connectivity index (χ1v) is 2.23. The summed E-state index contributed by atoms with van der Waals surface area (Å²) in [6.07, 6.45) is 1.38. The monoisotopic (exact) mass is 123 g/mol. The van der Waals surface area contributed by atoms with Crippen molar-refractivity contribution < 1.29 is 4.74 Å². The maximum Gasteiger partial charge on any atom is 0.101 e. The number of halogens is 1. The summed E-state index contributed by atoms with van der Waals surface area (Å²) in [5.41, 5.74) is 0. The molecule has 3 heteroatoms. The molecule has 0 saturated carbocycles. The maximum absolute atomic E-state index is 5.21. The molecule has 0 aromatic carbocycles. The van der Waals surface area contributed by atoms with Gasteiger partial charge >= 0.3 is 0 Å². The van der Waals surface area contributed by atoms with Crippen LogP contribution in [0.4, 0.5) is 0 Å². The zero-order valence-corrected chi connectivity index (χ0v) is 4.95. The van der Waals surface area contributed by atoms with Crippen molar-refractivity contribution in [1.29, 1.82) is 0 Å². The smallest absolute Gasteiger partial charge is 0.101 e. The van der Waals surface area contributed by atoms with Crippen LogP contribution in [0.2, 0.25) is 0 Å². The van der Waals surface area contributed by atoms with Gasteiger partial charge in [-0.25, -0.2) is 0 Å². The molecule has 0 aliphatic heterocycles. The third-order valence-electron chi connectivity index (χ3n) is 0.313. The molecule has 7 heavy (non-hydrogen) atoms. The molecule has 0 aliphatic rings. The average Bonchev–Trinajstić information content (AvgIpc) is 1.61. The van der Waals surface area contributed by atoms with E-state index in [0.717, 1.165) is 0 Å². The molecule has 0 saturated heterocycles. The SMILES string of the molecule is C=COCCCl.N. The minimum Gasteiger partial charge on any atom is -0.501 e. The standard InChI is InChI=1S/C4H7ClO.H3N/c1-2-6-4-3-5;/h2H,1,3-4H2;1H3. The predicted octanol–water partition coefficient (Wildman–Crippen LogP) is 1.55. The van der Waals surface area contributed by atoms with E-state index < -0.39 is 0 Å². The summed E-state index contributed by atoms with van der Waals surface area (Å²) in [5, 5.41) is 0. The maximum atomic E-state index is 5.21. The highest BCUT2D eigenvalue weighted by Crippen LogP contribution is 1.75. The van der Waals surface area contributed by atoms with E-state index in [4.69, 9.17) is 11.6 Å². The fourth-order valence-corrected chi connectivity index (χ4v) is 0.217. The van der Waals surface area contributed by atoms with Gasteiger partial charge < -0.3 is 10.9 Å². The van der Waals surface area contributed by atoms with E-state index in [1.807, 2.05) is 0 Å². The van der Waals surface area contributed by atoms with Gasteiger partial charge in [0.25, 0.3) is 0 Å². The topological polar surface area (TPSA) is 44.2 Å². The molecule has 0 heterocycles. The van der Waals surface area contributed by atoms with Crippen molar-refractivity contribution in [2.24, 2.45) is 0 Å². The summed E-state index contributed by atoms with van der Waals surface area (Å²) in [5.74, 6) is 0.534. The molecule has 0 aromatic heterocycles. The first kappa shape index (κ1) is 9.92. The highest BCUT2D eigenvalue weighted by atomic mass is 35.5. The Balaban J connectivity index is 0. The highest BCUT2D eigenvalue weighted by Gasteiger charge is 1.70. The molecule has 2 nitrogen and oxygen atoms in total. The van der Waals surface area contributed by atoms with E-state index >= 15 is 0 Å². The van der Waals surface area contributed by atoms with Crippen LogP contribution in [0.5, 0.6) is 0 Å². The van der Waals surface area contributed by atoms with Crippen molar-refractivity contribution in [1.82, 2.24) is 6.15 Å². The van der Waals surface area contributed by atoms with Crippen LogP contribution < -0.4 is 6.15 Å². The Hall–Kier alpha value is -0.210. The second kappa shape index (κ2) is 9.25. The molecule has 0 atom stereocenters. The predicted molar refractivity (Wildman–Crippen MR) is 31.9 cm³/mol. The first-order chi connectivity index (χ1) is 2.91. The molecule has 0 rings (SSSR count). The molecule has 0 bridgehead atoms. The van der Waals surface area contributed by atoms with Gasteiger partial charge in [-0.15, -0.1) is 11.6 Å². The third-order valence-corrected chi connectivity index (χ3v) is 0.467. The van der Waals surface area contributed by atoms with Gasteiger partial charge in [-0.05, 0) is 0 Å². The lowest BCUT2D eigenvalue weighted by atomic mass is 10.9. The molecule has 0 fully saturated rings. The summed E-state index contributed by atoms with van der Waals surface area (Å²) in [6, 6.07) is 0. The van der Waals surface area contributed by atoms with E-state index in [-0.39, 0.29) is 6.15 Å². The molecular formula is C4H10ClNO. The number of hydrogen-bond donors (Lipinski definition) is 1. The number of ether oxygens (including phenoxy) is 1. The molecule has 0 spiro atoms. The van der Waals surface area contributed by atoms with Crippen LogP contribution in [-0.4, -0.2) is 12.5 Å². The van der Waals surface area contributed by atoms with Gasteiger partial charge in [0.1, 0.15) is 6.61 Å². The van der Waals surface area contributed by atoms with Crippen LogP contribution in [0.15, 0.2) is 12.8 Å². The summed E-state index contributed by atoms with van der Waals surface area (Å²) in [6.45, 7) is 3.88. The summed E-state index contributed by atoms with van der Waals surface area (Å²) in [4.78, 5) is 0. The van der Waals surface area contributed by atoms with Gasteiger partial charge in [-0.3, -0.25) is 0 Å². The number of alkyl halides is 1. The highest BCUT2D eigenvalue weighted by molar-refractivity contribution is 6.17. The fraction of sp³-hybridized carbons (Fsp3) is 0.500. The van der Waals surface area contributed by atoms with E-state index in [0.29, 0.717) is 12.5 Å². The lowest BCUT2D eigenvalue weighted by molar-refractivity contribution is 0.273. The van der Waals surface area contributed by atoms with Crippen molar-refractivity contribution in [2.75, 3.05) is 12.5 Å². The zero-order valence-electron chi connectivity index (χ0n) is 4.19. The van der Waals surface area contributed by atoms with Crippen LogP contribution >= 0.6 is 11.6 Å². The lowest BCUT2D eigenvalue weighted by Crippen LogP contribution is -1.84. The van der Waals surface area contributed by atoms with Gasteiger partial charge in [0.05, 0.1) is 12.1 Å². The van der Waals surface area contributed by atoms with Crippen molar-refractivity contribution in [3.8, 4) is 0 Å². The Kier molecular flexibility index (Phi) is 13.1. The molecule has 0 aliphatic carbocycles. The van der Waals surface area contributed by atoms with Gasteiger partial charge in [0.15, 0.2) is 0 Å². The minimum atomic E-state index is 0. The molecule has 3 N–H and O–H groups in total. The molecule has 0 radical (unpaired) electrons. The normalized spacial score (nSPS) is 6.43. The summed E-state index contributed by atoms with van der Waals surface area (Å²) < 4.78 is 4.61. The van der Waals surface area contributed by atoms with Crippen LogP contribution in [0.1, 0.15) is 0 Å². The van der Waals surface area contributed by atoms with Crippen molar-refractivity contribution in [3.05, 3.63) is 12.8 Å². The van der Waals surface area contributed by atoms with Gasteiger partial charge in [0.2, 0.25) is 0 Å². The number of hydrogen-bond acceptors (Lipinski definition) is 2. The molecule has 44 valence electrons. The summed E-state index contributed by atoms with van der Waals surface area (Å²) in [7, 11) is 0. The Morgan fingerprint density at radius 3 is 2.43 bits per heavy atom. The van der Waals surface area contributed by atoms with E-state index in [2.05, 4.69) is 11.3 Å². The Bertz CT molecular complexity index is 40.7. The van der Waals surface area contributed by atoms with Gasteiger partial charge in [0, 0.05) is 0 Å². The Morgan fingerprint density at radius 2 is 2.29 bits per heavy atom. The summed E-state index contributed by atoms with van der Waals surface area (Å²) >= 11 is 5.21. The Labute approximate surface area is 48.7 Å². The quantitative estimate of drug-likeness (QED) is 0.352. The van der Waals surface area contributed by atoms with Crippen LogP contribution in [0.3, 0.4) is 0 Å². The van der Waals surface area contributed by atoms with Crippen molar-refractivity contribution in [2.45, 2.75) is 0 Å². The second-order valence-electron chi connectivity index (χ2n) is 0.726. The zero-order chi connectivity index (χ0) is 4.83. The minimum absolute atomic E-state index is 0. The van der Waals surface area contributed by atoms with E-state index in [1.54, 1.807) is 0 Å². The average molecular weight is 124 g/mol. The largest absolute Gasteiger partial charge is 0.501 e. The molecule has 0 aromatic rings. The number of rotatable bonds is 3. The fourth-order valence-electron chi connectivity index (χ4n) is 0.128. The third kappa shape index (κ3) is 10.7. The van der Waals surface area contributed by atoms with Crippen molar-refractivity contribution >= 4 is 11.6 Å². The lowest BCUT2D eigenvalue weighted by Gasteiger charge is -1.89. The van der Waals surface area contributed by atoms with Crippen LogP contribution in [0.25, 0.3) is 0 Å². The second-order valence-corrected chi connectivity index (χ2v) is 1.10. The van der Waals surface area contributed by atoms with Gasteiger partial charge in [-0.1, -0.05) is 6.58 Å².